The molecule has 1 amide bonds. The van der Waals surface area contributed by atoms with Crippen LogP contribution in [0.4, 0.5) is 0 Å². The van der Waals surface area contributed by atoms with E-state index in [-0.39, 0.29) is 12.0 Å². The van der Waals surface area contributed by atoms with Crippen LogP contribution in [0.15, 0.2) is 28.1 Å². The maximum absolute atomic E-state index is 12.2. The Morgan fingerprint density at radius 3 is 3.00 bits per heavy atom. The fourth-order valence-electron chi connectivity index (χ4n) is 2.97. The largest absolute Gasteiger partial charge is 0.490 e. The lowest BCUT2D eigenvalue weighted by Crippen LogP contribution is -2.38. The normalized spacial score (nSPS) is 25.5. The Bertz CT molecular complexity index is 708. The van der Waals surface area contributed by atoms with Gasteiger partial charge in [-0.3, -0.25) is 4.79 Å². The van der Waals surface area contributed by atoms with Crippen LogP contribution in [0, 0.1) is 0 Å². The van der Waals surface area contributed by atoms with Crippen LogP contribution in [0.5, 0.6) is 5.75 Å². The highest BCUT2D eigenvalue weighted by atomic mass is 32.2. The standard InChI is InChI=1S/C17H18N2O3S/c1-11-8-13-9-12(2-3-14(13)22-11)10-15-16(20)18-17(23-15)19-4-6-21-7-5-19/h2-3,9-11H,4-8H2,1H3. The number of carbonyl (C=O) groups is 1. The van der Waals surface area contributed by atoms with Crippen LogP contribution in [0.25, 0.3) is 6.08 Å². The molecule has 6 heteroatoms. The molecular weight excluding hydrogens is 312 g/mol. The highest BCUT2D eigenvalue weighted by molar-refractivity contribution is 8.18. The molecule has 1 aromatic carbocycles. The lowest BCUT2D eigenvalue weighted by Gasteiger charge is -2.27. The van der Waals surface area contributed by atoms with Gasteiger partial charge in [0.2, 0.25) is 0 Å². The topological polar surface area (TPSA) is 51.1 Å². The van der Waals surface area contributed by atoms with Gasteiger partial charge in [0.25, 0.3) is 5.91 Å². The third-order valence-corrected chi connectivity index (χ3v) is 5.15. The minimum atomic E-state index is -0.151. The van der Waals surface area contributed by atoms with E-state index in [1.807, 2.05) is 18.2 Å². The van der Waals surface area contributed by atoms with Gasteiger partial charge < -0.3 is 14.4 Å². The van der Waals surface area contributed by atoms with Gasteiger partial charge in [-0.2, -0.15) is 4.99 Å². The fraction of sp³-hybridized carbons (Fsp3) is 0.412. The number of thioether (sulfide) groups is 1. The zero-order valence-corrected chi connectivity index (χ0v) is 13.8. The Balaban J connectivity index is 1.52. The number of benzene rings is 1. The number of carbonyl (C=O) groups excluding carboxylic acids is 1. The summed E-state index contributed by atoms with van der Waals surface area (Å²) < 4.78 is 11.1. The van der Waals surface area contributed by atoms with Gasteiger partial charge in [-0.25, -0.2) is 0 Å². The number of morpholine rings is 1. The van der Waals surface area contributed by atoms with E-state index in [4.69, 9.17) is 9.47 Å². The van der Waals surface area contributed by atoms with E-state index in [1.165, 1.54) is 17.3 Å². The summed E-state index contributed by atoms with van der Waals surface area (Å²) in [5.41, 5.74) is 2.23. The Hall–Kier alpha value is -1.79. The number of amidine groups is 1. The fourth-order valence-corrected chi connectivity index (χ4v) is 3.94. The average Bonchev–Trinajstić information content (AvgIpc) is 3.10. The van der Waals surface area contributed by atoms with Gasteiger partial charge in [0.05, 0.1) is 18.1 Å². The molecular formula is C17H18N2O3S. The smallest absolute Gasteiger partial charge is 0.286 e. The molecule has 120 valence electrons. The molecule has 3 heterocycles. The van der Waals surface area contributed by atoms with Gasteiger partial charge in [-0.15, -0.1) is 0 Å². The number of hydrogen-bond acceptors (Lipinski definition) is 5. The number of ether oxygens (including phenoxy) is 2. The molecule has 0 bridgehead atoms. The Labute approximate surface area is 139 Å². The van der Waals surface area contributed by atoms with Crippen LogP contribution < -0.4 is 4.74 Å². The van der Waals surface area contributed by atoms with Gasteiger partial charge in [0, 0.05) is 19.5 Å². The molecule has 1 saturated heterocycles. The zero-order chi connectivity index (χ0) is 15.8. The van der Waals surface area contributed by atoms with E-state index in [2.05, 4.69) is 22.9 Å². The van der Waals surface area contributed by atoms with Gasteiger partial charge in [0.15, 0.2) is 5.17 Å². The zero-order valence-electron chi connectivity index (χ0n) is 12.9. The predicted molar refractivity (Wildman–Crippen MR) is 90.6 cm³/mol. The van der Waals surface area contributed by atoms with Crippen molar-refractivity contribution in [1.82, 2.24) is 4.90 Å². The first-order chi connectivity index (χ1) is 11.2. The Kier molecular flexibility index (Phi) is 3.87. The van der Waals surface area contributed by atoms with Crippen molar-refractivity contribution in [2.75, 3.05) is 26.3 Å². The summed E-state index contributed by atoms with van der Waals surface area (Å²) in [5.74, 6) is 0.803. The molecule has 3 aliphatic heterocycles. The Morgan fingerprint density at radius 2 is 2.17 bits per heavy atom. The van der Waals surface area contributed by atoms with Gasteiger partial charge in [-0.05, 0) is 48.0 Å². The van der Waals surface area contributed by atoms with Crippen molar-refractivity contribution in [2.45, 2.75) is 19.4 Å². The second kappa shape index (κ2) is 6.02. The molecule has 1 unspecified atom stereocenters. The first-order valence-corrected chi connectivity index (χ1v) is 8.65. The van der Waals surface area contributed by atoms with Crippen LogP contribution >= 0.6 is 11.8 Å². The third-order valence-electron chi connectivity index (χ3n) is 4.11. The van der Waals surface area contributed by atoms with E-state index in [0.29, 0.717) is 18.1 Å². The molecule has 23 heavy (non-hydrogen) atoms. The van der Waals surface area contributed by atoms with Crippen LogP contribution in [0.1, 0.15) is 18.1 Å². The van der Waals surface area contributed by atoms with Crippen molar-refractivity contribution in [1.29, 1.82) is 0 Å². The lowest BCUT2D eigenvalue weighted by molar-refractivity contribution is -0.113. The first kappa shape index (κ1) is 14.8. The molecule has 0 aliphatic carbocycles. The number of rotatable bonds is 1. The summed E-state index contributed by atoms with van der Waals surface area (Å²) >= 11 is 1.45. The quantitative estimate of drug-likeness (QED) is 0.740. The molecule has 0 spiro atoms. The molecule has 4 rings (SSSR count). The molecule has 0 aromatic heterocycles. The third kappa shape index (κ3) is 3.01. The van der Waals surface area contributed by atoms with Crippen molar-refractivity contribution in [2.24, 2.45) is 4.99 Å². The first-order valence-electron chi connectivity index (χ1n) is 7.84. The SMILES string of the molecule is CC1Cc2cc(C=C3SC(N4CCOCC4)=NC3=O)ccc2O1. The molecule has 0 N–H and O–H groups in total. The molecule has 1 atom stereocenters. The number of hydrogen-bond donors (Lipinski definition) is 0. The van der Waals surface area contributed by atoms with Crippen LogP contribution in [0.2, 0.25) is 0 Å². The number of aliphatic imine (C=N–C) groups is 1. The van der Waals surface area contributed by atoms with Crippen LogP contribution in [-0.2, 0) is 16.0 Å². The van der Waals surface area contributed by atoms with Crippen molar-refractivity contribution >= 4 is 28.9 Å². The van der Waals surface area contributed by atoms with Gasteiger partial charge in [-0.1, -0.05) is 6.07 Å². The van der Waals surface area contributed by atoms with E-state index in [1.54, 1.807) is 0 Å². The molecule has 0 radical (unpaired) electrons. The molecule has 1 aromatic rings. The Morgan fingerprint density at radius 1 is 1.35 bits per heavy atom. The van der Waals surface area contributed by atoms with Gasteiger partial charge in [0.1, 0.15) is 11.9 Å². The monoisotopic (exact) mass is 330 g/mol. The summed E-state index contributed by atoms with van der Waals surface area (Å²) in [7, 11) is 0. The summed E-state index contributed by atoms with van der Waals surface area (Å²) in [6.07, 6.45) is 3.07. The predicted octanol–water partition coefficient (Wildman–Crippen LogP) is 2.31. The second-order valence-corrected chi connectivity index (χ2v) is 6.92. The van der Waals surface area contributed by atoms with Crippen LogP contribution in [0.3, 0.4) is 0 Å². The second-order valence-electron chi connectivity index (χ2n) is 5.91. The molecule has 1 fully saturated rings. The highest BCUT2D eigenvalue weighted by Gasteiger charge is 2.27. The van der Waals surface area contributed by atoms with Crippen molar-refractivity contribution < 1.29 is 14.3 Å². The highest BCUT2D eigenvalue weighted by Crippen LogP contribution is 2.33. The van der Waals surface area contributed by atoms with E-state index < -0.39 is 0 Å². The molecule has 3 aliphatic rings. The molecule has 5 nitrogen and oxygen atoms in total. The van der Waals surface area contributed by atoms with E-state index in [0.717, 1.165) is 36.0 Å². The maximum Gasteiger partial charge on any atom is 0.286 e. The minimum Gasteiger partial charge on any atom is -0.490 e. The van der Waals surface area contributed by atoms with E-state index >= 15 is 0 Å². The van der Waals surface area contributed by atoms with Crippen molar-refractivity contribution in [3.8, 4) is 5.75 Å². The van der Waals surface area contributed by atoms with Gasteiger partial charge >= 0.3 is 0 Å². The summed E-state index contributed by atoms with van der Waals surface area (Å²) in [4.78, 5) is 19.1. The summed E-state index contributed by atoms with van der Waals surface area (Å²) in [5, 5.41) is 0.794. The maximum atomic E-state index is 12.2. The molecule has 0 saturated carbocycles. The summed E-state index contributed by atoms with van der Waals surface area (Å²) in [6.45, 7) is 5.03. The van der Waals surface area contributed by atoms with E-state index in [9.17, 15) is 4.79 Å². The minimum absolute atomic E-state index is 0.151. The average molecular weight is 330 g/mol. The van der Waals surface area contributed by atoms with Crippen molar-refractivity contribution in [3.05, 3.63) is 34.2 Å². The summed E-state index contributed by atoms with van der Waals surface area (Å²) in [6, 6.07) is 6.08. The number of amides is 1. The van der Waals surface area contributed by atoms with Crippen molar-refractivity contribution in [3.63, 3.8) is 0 Å². The lowest BCUT2D eigenvalue weighted by atomic mass is 10.1. The number of fused-ring (bicyclic) bond motifs is 1. The number of nitrogens with zero attached hydrogens (tertiary/aromatic N) is 2. The van der Waals surface area contributed by atoms with Crippen LogP contribution in [-0.4, -0.2) is 48.4 Å².